The van der Waals surface area contributed by atoms with Gasteiger partial charge in [0.25, 0.3) is 0 Å². The maximum atomic E-state index is 4.68. The summed E-state index contributed by atoms with van der Waals surface area (Å²) in [7, 11) is 0. The van der Waals surface area contributed by atoms with Gasteiger partial charge in [-0.3, -0.25) is 10.2 Å². The van der Waals surface area contributed by atoms with Gasteiger partial charge in [0.05, 0.1) is 24.5 Å². The first-order valence-electron chi connectivity index (χ1n) is 8.60. The number of aryl methyl sites for hydroxylation is 3. The molecule has 24 heavy (non-hydrogen) atoms. The fraction of sp³-hybridized carbons (Fsp3) is 0.500. The quantitative estimate of drug-likeness (QED) is 0.904. The van der Waals surface area contributed by atoms with E-state index in [1.54, 1.807) is 0 Å². The lowest BCUT2D eigenvalue weighted by molar-refractivity contribution is 0.261. The van der Waals surface area contributed by atoms with E-state index in [2.05, 4.69) is 63.4 Å². The maximum absolute atomic E-state index is 4.68. The molecule has 2 heterocycles. The largest absolute Gasteiger partial charge is 0.343 e. The molecule has 0 radical (unpaired) electrons. The molecule has 1 aliphatic heterocycles. The second kappa shape index (κ2) is 7.13. The number of anilines is 1. The summed E-state index contributed by atoms with van der Waals surface area (Å²) in [6, 6.07) is 4.30. The maximum Gasteiger partial charge on any atom is 0.230 e. The standard InChI is InChI=1S/C18H26N6/c1-5-6-7-24-10-19-17(20-11-24)23-18-21-14(4)15-9-12(2)8-13(3)16(15)22-18/h8-9H,5-7,10-11H2,1-4H3,(H2,19,20,21,22,23). The van der Waals surface area contributed by atoms with Gasteiger partial charge < -0.3 is 5.32 Å². The van der Waals surface area contributed by atoms with E-state index in [1.165, 1.54) is 24.0 Å². The van der Waals surface area contributed by atoms with E-state index in [-0.39, 0.29) is 0 Å². The van der Waals surface area contributed by atoms with Crippen molar-refractivity contribution in [2.75, 3.05) is 25.2 Å². The third-order valence-corrected chi connectivity index (χ3v) is 4.28. The Balaban J connectivity index is 1.78. The Bertz CT molecular complexity index is 768. The van der Waals surface area contributed by atoms with Crippen molar-refractivity contribution in [3.8, 4) is 0 Å². The number of hydrogen-bond acceptors (Lipinski definition) is 6. The molecule has 0 aliphatic carbocycles. The molecule has 0 amide bonds. The number of aromatic nitrogens is 2. The lowest BCUT2D eigenvalue weighted by Crippen LogP contribution is -2.46. The Morgan fingerprint density at radius 2 is 2.04 bits per heavy atom. The van der Waals surface area contributed by atoms with Crippen LogP contribution in [0.1, 0.15) is 36.6 Å². The molecule has 2 N–H and O–H groups in total. The second-order valence-corrected chi connectivity index (χ2v) is 6.47. The van der Waals surface area contributed by atoms with Crippen molar-refractivity contribution in [1.82, 2.24) is 20.2 Å². The van der Waals surface area contributed by atoms with Crippen LogP contribution in [0, 0.1) is 20.8 Å². The highest BCUT2D eigenvalue weighted by Crippen LogP contribution is 2.22. The molecule has 0 saturated carbocycles. The van der Waals surface area contributed by atoms with Crippen LogP contribution >= 0.6 is 0 Å². The van der Waals surface area contributed by atoms with Gasteiger partial charge in [-0.05, 0) is 38.8 Å². The molecule has 1 aromatic carbocycles. The fourth-order valence-corrected chi connectivity index (χ4v) is 2.97. The lowest BCUT2D eigenvalue weighted by atomic mass is 10.1. The minimum absolute atomic E-state index is 0.597. The van der Waals surface area contributed by atoms with E-state index in [0.29, 0.717) is 12.6 Å². The molecule has 0 saturated heterocycles. The summed E-state index contributed by atoms with van der Waals surface area (Å²) in [5.74, 6) is 1.34. The number of fused-ring (bicyclic) bond motifs is 1. The van der Waals surface area contributed by atoms with E-state index in [4.69, 9.17) is 0 Å². The number of hydrogen-bond donors (Lipinski definition) is 2. The zero-order valence-corrected chi connectivity index (χ0v) is 15.0. The number of benzene rings is 1. The van der Waals surface area contributed by atoms with Gasteiger partial charge in [0, 0.05) is 11.9 Å². The summed E-state index contributed by atoms with van der Waals surface area (Å²) in [6.45, 7) is 11.0. The number of nitrogens with zero attached hydrogens (tertiary/aromatic N) is 4. The highest BCUT2D eigenvalue weighted by atomic mass is 15.4. The van der Waals surface area contributed by atoms with Crippen LogP contribution in [0.3, 0.4) is 0 Å². The number of nitrogens with one attached hydrogen (secondary N) is 2. The zero-order chi connectivity index (χ0) is 17.1. The SMILES string of the molecule is CCCCN1CN=C(Nc2nc(C)c3cc(C)cc(C)c3n2)NC1. The lowest BCUT2D eigenvalue weighted by Gasteiger charge is -2.26. The first kappa shape index (κ1) is 16.6. The topological polar surface area (TPSA) is 65.4 Å². The molecule has 6 heteroatoms. The van der Waals surface area contributed by atoms with Gasteiger partial charge >= 0.3 is 0 Å². The van der Waals surface area contributed by atoms with E-state index in [1.807, 2.05) is 6.92 Å². The number of aliphatic imine (C=N–C) groups is 1. The summed E-state index contributed by atoms with van der Waals surface area (Å²) < 4.78 is 0. The van der Waals surface area contributed by atoms with Crippen molar-refractivity contribution >= 4 is 22.8 Å². The van der Waals surface area contributed by atoms with Crippen LogP contribution in [0.5, 0.6) is 0 Å². The number of unbranched alkanes of at least 4 members (excludes halogenated alkanes) is 1. The first-order valence-corrected chi connectivity index (χ1v) is 8.60. The van der Waals surface area contributed by atoms with Crippen LogP contribution in [-0.2, 0) is 0 Å². The monoisotopic (exact) mass is 326 g/mol. The van der Waals surface area contributed by atoms with Crippen LogP contribution in [0.2, 0.25) is 0 Å². The Labute approximate surface area is 143 Å². The molecule has 1 aromatic heterocycles. The predicted molar refractivity (Wildman–Crippen MR) is 99.3 cm³/mol. The van der Waals surface area contributed by atoms with Gasteiger partial charge in [0.15, 0.2) is 0 Å². The van der Waals surface area contributed by atoms with E-state index in [9.17, 15) is 0 Å². The Morgan fingerprint density at radius 3 is 2.75 bits per heavy atom. The Hall–Kier alpha value is -2.21. The highest BCUT2D eigenvalue weighted by molar-refractivity contribution is 5.94. The van der Waals surface area contributed by atoms with Crippen LogP contribution < -0.4 is 10.6 Å². The second-order valence-electron chi connectivity index (χ2n) is 6.47. The van der Waals surface area contributed by atoms with Crippen molar-refractivity contribution in [2.24, 2.45) is 4.99 Å². The van der Waals surface area contributed by atoms with Gasteiger partial charge in [0.1, 0.15) is 0 Å². The molecule has 0 bridgehead atoms. The fourth-order valence-electron chi connectivity index (χ4n) is 2.97. The Kier molecular flexibility index (Phi) is 4.94. The number of rotatable bonds is 4. The normalized spacial score (nSPS) is 15.2. The molecule has 0 fully saturated rings. The van der Waals surface area contributed by atoms with Crippen LogP contribution in [0.25, 0.3) is 10.9 Å². The zero-order valence-electron chi connectivity index (χ0n) is 15.0. The average Bonchev–Trinajstić information content (AvgIpc) is 2.55. The van der Waals surface area contributed by atoms with Crippen molar-refractivity contribution in [3.63, 3.8) is 0 Å². The van der Waals surface area contributed by atoms with Gasteiger partial charge in [-0.1, -0.05) is 25.0 Å². The molecule has 2 aromatic rings. The molecule has 128 valence electrons. The van der Waals surface area contributed by atoms with Crippen molar-refractivity contribution in [2.45, 2.75) is 40.5 Å². The van der Waals surface area contributed by atoms with Gasteiger partial charge in [0.2, 0.25) is 11.9 Å². The smallest absolute Gasteiger partial charge is 0.230 e. The molecular formula is C18H26N6. The van der Waals surface area contributed by atoms with Crippen molar-refractivity contribution in [3.05, 3.63) is 29.0 Å². The molecule has 3 rings (SSSR count). The molecule has 1 aliphatic rings. The minimum atomic E-state index is 0.597. The third-order valence-electron chi connectivity index (χ3n) is 4.28. The van der Waals surface area contributed by atoms with Crippen molar-refractivity contribution in [1.29, 1.82) is 0 Å². The third kappa shape index (κ3) is 3.64. The van der Waals surface area contributed by atoms with Crippen LogP contribution in [-0.4, -0.2) is 40.7 Å². The van der Waals surface area contributed by atoms with Gasteiger partial charge in [-0.2, -0.15) is 0 Å². The van der Waals surface area contributed by atoms with E-state index >= 15 is 0 Å². The predicted octanol–water partition coefficient (Wildman–Crippen LogP) is 2.94. The minimum Gasteiger partial charge on any atom is -0.343 e. The van der Waals surface area contributed by atoms with Crippen LogP contribution in [0.15, 0.2) is 17.1 Å². The van der Waals surface area contributed by atoms with Gasteiger partial charge in [-0.25, -0.2) is 15.0 Å². The summed E-state index contributed by atoms with van der Waals surface area (Å²) >= 11 is 0. The number of guanidine groups is 1. The molecule has 0 unspecified atom stereocenters. The molecule has 0 spiro atoms. The molecule has 0 atom stereocenters. The first-order chi connectivity index (χ1) is 11.6. The van der Waals surface area contributed by atoms with E-state index < -0.39 is 0 Å². The van der Waals surface area contributed by atoms with Crippen molar-refractivity contribution < 1.29 is 0 Å². The summed E-state index contributed by atoms with van der Waals surface area (Å²) in [5.41, 5.74) is 4.38. The summed E-state index contributed by atoms with van der Waals surface area (Å²) in [4.78, 5) is 16.1. The summed E-state index contributed by atoms with van der Waals surface area (Å²) in [5, 5.41) is 7.64. The molecule has 6 nitrogen and oxygen atoms in total. The Morgan fingerprint density at radius 1 is 1.21 bits per heavy atom. The molecular weight excluding hydrogens is 300 g/mol. The summed E-state index contributed by atoms with van der Waals surface area (Å²) in [6.07, 6.45) is 2.40. The van der Waals surface area contributed by atoms with Gasteiger partial charge in [-0.15, -0.1) is 0 Å². The highest BCUT2D eigenvalue weighted by Gasteiger charge is 2.13. The van der Waals surface area contributed by atoms with Crippen LogP contribution in [0.4, 0.5) is 5.95 Å². The average molecular weight is 326 g/mol. The van der Waals surface area contributed by atoms with E-state index in [0.717, 1.165) is 35.8 Å².